The second-order valence-electron chi connectivity index (χ2n) is 7.05. The van der Waals surface area contributed by atoms with E-state index in [2.05, 4.69) is 0 Å². The molecule has 3 aromatic carbocycles. The molecule has 0 radical (unpaired) electrons. The predicted molar refractivity (Wildman–Crippen MR) is 110 cm³/mol. The van der Waals surface area contributed by atoms with Gasteiger partial charge in [-0.25, -0.2) is 25.3 Å². The summed E-state index contributed by atoms with van der Waals surface area (Å²) >= 11 is 0. The molecule has 1 aliphatic carbocycles. The monoisotopic (exact) mass is 654 g/mol. The van der Waals surface area contributed by atoms with Crippen molar-refractivity contribution in [3.05, 3.63) is 76.9 Å². The van der Waals surface area contributed by atoms with Gasteiger partial charge in [0.15, 0.2) is 17.3 Å². The van der Waals surface area contributed by atoms with Crippen molar-refractivity contribution in [2.75, 3.05) is 0 Å². The molecule has 0 spiro atoms. The first kappa shape index (κ1) is 37.5. The average Bonchev–Trinajstić information content (AvgIpc) is 2.75. The third kappa shape index (κ3) is 7.31. The normalized spacial score (nSPS) is 12.7. The molecule has 0 bridgehead atoms. The minimum absolute atomic E-state index is 0. The van der Waals surface area contributed by atoms with Crippen LogP contribution >= 0.6 is 0 Å². The quantitative estimate of drug-likeness (QED) is 0.145. The Morgan fingerprint density at radius 3 is 1.29 bits per heavy atom. The Kier molecular flexibility index (Phi) is 13.6. The maximum atomic E-state index is 13.2. The zero-order valence-electron chi connectivity index (χ0n) is 19.8. The summed E-state index contributed by atoms with van der Waals surface area (Å²) < 4.78 is 115. The van der Waals surface area contributed by atoms with Crippen molar-refractivity contribution in [2.24, 2.45) is 0 Å². The standard InChI is InChI=1S/C20H12O12S3.3K/c21-15-11-8-4-5-9-12(11)16(22)14-13(15)18(33(23,24)25)17(32-10-6-2-1-3-7-10)20(35(29,30)31)19(14)34(26,27)28;;;/h1-9H,(H,23,24,25)(H,26,27,28)(H,29,30,31);;;/q;3*+1/p-3. The number of fused-ring (bicyclic) bond motifs is 2. The van der Waals surface area contributed by atoms with Crippen LogP contribution in [-0.4, -0.2) is 50.5 Å². The summed E-state index contributed by atoms with van der Waals surface area (Å²) in [7, 11) is -18.1. The van der Waals surface area contributed by atoms with Crippen molar-refractivity contribution in [3.63, 3.8) is 0 Å². The van der Waals surface area contributed by atoms with Gasteiger partial charge in [-0.05, 0) is 12.1 Å². The van der Waals surface area contributed by atoms with E-state index >= 15 is 0 Å². The zero-order valence-corrected chi connectivity index (χ0v) is 31.6. The fourth-order valence-electron chi connectivity index (χ4n) is 3.65. The van der Waals surface area contributed by atoms with Crippen LogP contribution in [0.15, 0.2) is 69.3 Å². The Morgan fingerprint density at radius 2 is 0.895 bits per heavy atom. The third-order valence-electron chi connectivity index (χ3n) is 4.91. The third-order valence-corrected chi connectivity index (χ3v) is 7.72. The molecule has 38 heavy (non-hydrogen) atoms. The van der Waals surface area contributed by atoms with Crippen LogP contribution in [0, 0.1) is 0 Å². The van der Waals surface area contributed by atoms with E-state index in [1.807, 2.05) is 0 Å². The molecule has 18 heteroatoms. The minimum Gasteiger partial charge on any atom is -0.744 e. The minimum atomic E-state index is -6.12. The van der Waals surface area contributed by atoms with Crippen LogP contribution in [-0.2, 0) is 30.4 Å². The van der Waals surface area contributed by atoms with Crippen LogP contribution in [0.2, 0.25) is 0 Å². The van der Waals surface area contributed by atoms with E-state index in [-0.39, 0.29) is 154 Å². The number of carbonyl (C=O) groups is 2. The second kappa shape index (κ2) is 13.8. The number of ether oxygens (including phenoxy) is 1. The van der Waals surface area contributed by atoms with Gasteiger partial charge in [-0.3, -0.25) is 9.59 Å². The molecule has 1 aliphatic rings. The second-order valence-corrected chi connectivity index (χ2v) is 11.0. The van der Waals surface area contributed by atoms with Gasteiger partial charge in [0, 0.05) is 11.1 Å². The summed E-state index contributed by atoms with van der Waals surface area (Å²) in [6.45, 7) is 0. The van der Waals surface area contributed by atoms with Gasteiger partial charge in [-0.2, -0.15) is 0 Å². The Labute approximate surface area is 344 Å². The van der Waals surface area contributed by atoms with E-state index in [0.29, 0.717) is 0 Å². The fraction of sp³-hybridized carbons (Fsp3) is 0. The maximum absolute atomic E-state index is 13.2. The Bertz CT molecular complexity index is 1770. The summed E-state index contributed by atoms with van der Waals surface area (Å²) in [6.07, 6.45) is 0. The van der Waals surface area contributed by atoms with E-state index in [9.17, 15) is 48.5 Å². The summed E-state index contributed by atoms with van der Waals surface area (Å²) in [5.41, 5.74) is -3.90. The van der Waals surface area contributed by atoms with E-state index < -0.39 is 90.4 Å². The summed E-state index contributed by atoms with van der Waals surface area (Å²) in [5, 5.41) is 0. The number of carbonyl (C=O) groups excluding carboxylic acids is 2. The first-order chi connectivity index (χ1) is 16.1. The van der Waals surface area contributed by atoms with Crippen LogP contribution in [0.5, 0.6) is 11.5 Å². The van der Waals surface area contributed by atoms with E-state index in [0.717, 1.165) is 24.3 Å². The Morgan fingerprint density at radius 1 is 0.526 bits per heavy atom. The molecular weight excluding hydrogens is 646 g/mol. The smallest absolute Gasteiger partial charge is 0.744 e. The molecule has 0 saturated carbocycles. The van der Waals surface area contributed by atoms with E-state index in [4.69, 9.17) is 4.74 Å². The van der Waals surface area contributed by atoms with Gasteiger partial charge in [-0.1, -0.05) is 42.5 Å². The summed E-state index contributed by atoms with van der Waals surface area (Å²) in [4.78, 5) is 20.5. The van der Waals surface area contributed by atoms with Crippen molar-refractivity contribution in [1.29, 1.82) is 0 Å². The van der Waals surface area contributed by atoms with Gasteiger partial charge in [-0.15, -0.1) is 0 Å². The Balaban J connectivity index is 0.00000241. The van der Waals surface area contributed by atoms with E-state index in [1.165, 1.54) is 30.3 Å². The molecule has 0 saturated heterocycles. The molecule has 4 rings (SSSR count). The number of rotatable bonds is 5. The van der Waals surface area contributed by atoms with Gasteiger partial charge in [0.2, 0.25) is 0 Å². The number of benzene rings is 3. The topological polar surface area (TPSA) is 215 Å². The maximum Gasteiger partial charge on any atom is 1.00 e. The molecule has 0 unspecified atom stereocenters. The average molecular weight is 655 g/mol. The SMILES string of the molecule is O=C1c2ccccc2C(=O)c2c1c(S(=O)(=O)[O-])c(Oc1ccccc1)c(S(=O)(=O)[O-])c2S(=O)(=O)[O-].[K+].[K+].[K+]. The molecule has 3 aromatic rings. The summed E-state index contributed by atoms with van der Waals surface area (Å²) in [5.74, 6) is -4.94. The first-order valence-electron chi connectivity index (χ1n) is 9.17. The van der Waals surface area contributed by atoms with Crippen molar-refractivity contribution in [1.82, 2.24) is 0 Å². The first-order valence-corrected chi connectivity index (χ1v) is 13.4. The van der Waals surface area contributed by atoms with Crippen LogP contribution in [0.25, 0.3) is 0 Å². The molecule has 0 amide bonds. The molecule has 12 nitrogen and oxygen atoms in total. The van der Waals surface area contributed by atoms with Crippen LogP contribution in [0.1, 0.15) is 31.8 Å². The van der Waals surface area contributed by atoms with Crippen molar-refractivity contribution < 1.29 is 207 Å². The number of ketones is 2. The van der Waals surface area contributed by atoms with Crippen LogP contribution < -0.4 is 159 Å². The van der Waals surface area contributed by atoms with Gasteiger partial charge in [0.05, 0.1) is 16.0 Å². The van der Waals surface area contributed by atoms with Crippen LogP contribution in [0.3, 0.4) is 0 Å². The number of para-hydroxylation sites is 1. The van der Waals surface area contributed by atoms with Gasteiger partial charge >= 0.3 is 154 Å². The van der Waals surface area contributed by atoms with Gasteiger partial charge in [0.25, 0.3) is 0 Å². The summed E-state index contributed by atoms with van der Waals surface area (Å²) in [6, 6.07) is 10.9. The van der Waals surface area contributed by atoms with Crippen molar-refractivity contribution >= 4 is 41.9 Å². The molecule has 0 aliphatic heterocycles. The predicted octanol–water partition coefficient (Wildman–Crippen LogP) is -8.02. The van der Waals surface area contributed by atoms with Crippen molar-refractivity contribution in [3.8, 4) is 11.5 Å². The zero-order chi connectivity index (χ0) is 25.9. The van der Waals surface area contributed by atoms with Gasteiger partial charge in [0.1, 0.15) is 45.9 Å². The Hall–Kier alpha value is 1.44. The molecular formula is C20H9K3O12S3. The van der Waals surface area contributed by atoms with Crippen LogP contribution in [0.4, 0.5) is 0 Å². The molecule has 0 fully saturated rings. The molecule has 182 valence electrons. The fourth-order valence-corrected chi connectivity index (χ4v) is 6.60. The molecule has 0 N–H and O–H groups in total. The molecule has 0 heterocycles. The molecule has 0 aromatic heterocycles. The molecule has 0 atom stereocenters. The van der Waals surface area contributed by atoms with Crippen molar-refractivity contribution in [2.45, 2.75) is 14.7 Å². The number of hydrogen-bond donors (Lipinski definition) is 0. The van der Waals surface area contributed by atoms with Gasteiger partial charge < -0.3 is 18.4 Å². The number of hydrogen-bond acceptors (Lipinski definition) is 12. The largest absolute Gasteiger partial charge is 1.00 e. The van der Waals surface area contributed by atoms with E-state index in [1.54, 1.807) is 0 Å².